The maximum Gasteiger partial charge on any atom is 0.237 e. The third-order valence-corrected chi connectivity index (χ3v) is 5.21. The van der Waals surface area contributed by atoms with Crippen molar-refractivity contribution in [1.29, 1.82) is 0 Å². The van der Waals surface area contributed by atoms with Crippen LogP contribution in [0.3, 0.4) is 0 Å². The molecule has 2 atom stereocenters. The molecule has 0 aliphatic carbocycles. The highest BCUT2D eigenvalue weighted by Crippen LogP contribution is 2.27. The fourth-order valence-corrected chi connectivity index (χ4v) is 3.52. The molecule has 3 rings (SSSR count). The van der Waals surface area contributed by atoms with E-state index in [2.05, 4.69) is 27.7 Å². The van der Waals surface area contributed by atoms with Gasteiger partial charge >= 0.3 is 0 Å². The Morgan fingerprint density at radius 3 is 2.61 bits per heavy atom. The molecular formula is C22H29N3O3. The van der Waals surface area contributed by atoms with E-state index >= 15 is 0 Å². The van der Waals surface area contributed by atoms with Gasteiger partial charge in [-0.25, -0.2) is 0 Å². The topological polar surface area (TPSA) is 62.8 Å². The number of anilines is 1. The van der Waals surface area contributed by atoms with Gasteiger partial charge in [0.2, 0.25) is 5.91 Å². The minimum absolute atomic E-state index is 0.0372. The van der Waals surface area contributed by atoms with Crippen LogP contribution in [-0.4, -0.2) is 50.2 Å². The second-order valence-electron chi connectivity index (χ2n) is 7.07. The summed E-state index contributed by atoms with van der Waals surface area (Å²) >= 11 is 0. The molecular weight excluding hydrogens is 354 g/mol. The predicted octanol–water partition coefficient (Wildman–Crippen LogP) is 2.89. The van der Waals surface area contributed by atoms with E-state index in [1.54, 1.807) is 14.2 Å². The van der Waals surface area contributed by atoms with E-state index in [1.165, 1.54) is 0 Å². The van der Waals surface area contributed by atoms with Gasteiger partial charge in [0.15, 0.2) is 11.5 Å². The molecule has 1 amide bonds. The van der Waals surface area contributed by atoms with Crippen LogP contribution in [0.15, 0.2) is 48.5 Å². The number of hydrogen-bond acceptors (Lipinski definition) is 5. The molecule has 0 aromatic heterocycles. The molecule has 6 nitrogen and oxygen atoms in total. The van der Waals surface area contributed by atoms with E-state index in [1.807, 2.05) is 43.3 Å². The second-order valence-corrected chi connectivity index (χ2v) is 7.07. The van der Waals surface area contributed by atoms with Gasteiger partial charge in [0.25, 0.3) is 0 Å². The Bertz CT molecular complexity index is 782. The minimum atomic E-state index is -0.164. The number of ether oxygens (including phenoxy) is 2. The number of carbonyl (C=O) groups excluding carboxylic acids is 1. The monoisotopic (exact) mass is 383 g/mol. The summed E-state index contributed by atoms with van der Waals surface area (Å²) in [5.74, 6) is 1.38. The summed E-state index contributed by atoms with van der Waals surface area (Å²) in [4.78, 5) is 14.8. The molecule has 1 saturated heterocycles. The fourth-order valence-electron chi connectivity index (χ4n) is 3.52. The molecule has 1 fully saturated rings. The summed E-state index contributed by atoms with van der Waals surface area (Å²) in [5.41, 5.74) is 2.10. The highest BCUT2D eigenvalue weighted by atomic mass is 16.5. The van der Waals surface area contributed by atoms with Gasteiger partial charge in [-0.1, -0.05) is 24.3 Å². The molecule has 28 heavy (non-hydrogen) atoms. The number of methoxy groups -OCH3 is 2. The van der Waals surface area contributed by atoms with Gasteiger partial charge in [0.1, 0.15) is 0 Å². The van der Waals surface area contributed by atoms with Gasteiger partial charge < -0.3 is 20.1 Å². The number of benzene rings is 2. The van der Waals surface area contributed by atoms with Gasteiger partial charge in [-0.15, -0.1) is 0 Å². The first-order valence-corrected chi connectivity index (χ1v) is 9.65. The summed E-state index contributed by atoms with van der Waals surface area (Å²) in [6.07, 6.45) is 1.03. The molecule has 2 N–H and O–H groups in total. The second kappa shape index (κ2) is 9.46. The molecule has 150 valence electrons. The van der Waals surface area contributed by atoms with Crippen molar-refractivity contribution in [2.75, 3.05) is 32.6 Å². The molecule has 1 aliphatic heterocycles. The van der Waals surface area contributed by atoms with Gasteiger partial charge in [0.05, 0.1) is 20.3 Å². The van der Waals surface area contributed by atoms with E-state index in [9.17, 15) is 4.79 Å². The fraction of sp³-hybridized carbons (Fsp3) is 0.409. The Balaban J connectivity index is 1.49. The molecule has 0 saturated carbocycles. The minimum Gasteiger partial charge on any atom is -0.493 e. The number of hydrogen-bond donors (Lipinski definition) is 2. The van der Waals surface area contributed by atoms with E-state index in [-0.39, 0.29) is 11.9 Å². The molecule has 1 aliphatic rings. The van der Waals surface area contributed by atoms with Crippen molar-refractivity contribution in [3.63, 3.8) is 0 Å². The van der Waals surface area contributed by atoms with Crippen LogP contribution < -0.4 is 20.1 Å². The SMILES string of the molecule is COc1ccc(CNC(=O)C(C)N2CCC(Nc3ccccc3)C2)cc1OC. The third-order valence-electron chi connectivity index (χ3n) is 5.21. The van der Waals surface area contributed by atoms with E-state index in [0.29, 0.717) is 24.1 Å². The van der Waals surface area contributed by atoms with Gasteiger partial charge in [-0.3, -0.25) is 9.69 Å². The predicted molar refractivity (Wildman–Crippen MR) is 111 cm³/mol. The summed E-state index contributed by atoms with van der Waals surface area (Å²) in [5, 5.41) is 6.58. The first-order chi connectivity index (χ1) is 13.6. The lowest BCUT2D eigenvalue weighted by Crippen LogP contribution is -2.44. The normalized spacial score (nSPS) is 17.8. The third kappa shape index (κ3) is 4.95. The van der Waals surface area contributed by atoms with Gasteiger partial charge in [0, 0.05) is 31.4 Å². The number of carbonyl (C=O) groups is 1. The quantitative estimate of drug-likeness (QED) is 0.734. The first kappa shape index (κ1) is 20.0. The number of nitrogens with one attached hydrogen (secondary N) is 2. The maximum atomic E-state index is 12.6. The molecule has 6 heteroatoms. The Morgan fingerprint density at radius 2 is 1.89 bits per heavy atom. The zero-order valence-corrected chi connectivity index (χ0v) is 16.8. The van der Waals surface area contributed by atoms with Crippen molar-refractivity contribution in [2.24, 2.45) is 0 Å². The van der Waals surface area contributed by atoms with Crippen molar-refractivity contribution < 1.29 is 14.3 Å². The lowest BCUT2D eigenvalue weighted by atomic mass is 10.2. The summed E-state index contributed by atoms with van der Waals surface area (Å²) < 4.78 is 10.6. The lowest BCUT2D eigenvalue weighted by Gasteiger charge is -2.24. The zero-order valence-electron chi connectivity index (χ0n) is 16.8. The van der Waals surface area contributed by atoms with E-state index in [0.717, 1.165) is 30.8 Å². The largest absolute Gasteiger partial charge is 0.493 e. The molecule has 2 aromatic carbocycles. The molecule has 1 heterocycles. The number of likely N-dealkylation sites (tertiary alicyclic amines) is 1. The highest BCUT2D eigenvalue weighted by Gasteiger charge is 2.29. The average Bonchev–Trinajstić information content (AvgIpc) is 3.20. The Labute approximate surface area is 166 Å². The summed E-state index contributed by atoms with van der Waals surface area (Å²) in [6.45, 7) is 4.20. The first-order valence-electron chi connectivity index (χ1n) is 9.65. The molecule has 0 bridgehead atoms. The number of amides is 1. The van der Waals surface area contributed by atoms with Crippen molar-refractivity contribution in [2.45, 2.75) is 32.0 Å². The smallest absolute Gasteiger partial charge is 0.237 e. The van der Waals surface area contributed by atoms with Crippen molar-refractivity contribution in [1.82, 2.24) is 10.2 Å². The van der Waals surface area contributed by atoms with Crippen molar-refractivity contribution in [3.05, 3.63) is 54.1 Å². The van der Waals surface area contributed by atoms with E-state index < -0.39 is 0 Å². The average molecular weight is 383 g/mol. The Kier molecular flexibility index (Phi) is 6.76. The standard InChI is InChI=1S/C22H29N3O3/c1-16(25-12-11-19(15-25)24-18-7-5-4-6-8-18)22(26)23-14-17-9-10-20(27-2)21(13-17)28-3/h4-10,13,16,19,24H,11-12,14-15H2,1-3H3,(H,23,26). The summed E-state index contributed by atoms with van der Waals surface area (Å²) in [7, 11) is 3.21. The van der Waals surface area contributed by atoms with Gasteiger partial charge in [-0.05, 0) is 43.2 Å². The molecule has 2 aromatic rings. The summed E-state index contributed by atoms with van der Waals surface area (Å²) in [6, 6.07) is 16.1. The highest BCUT2D eigenvalue weighted by molar-refractivity contribution is 5.81. The van der Waals surface area contributed by atoms with Crippen LogP contribution in [0.2, 0.25) is 0 Å². The lowest BCUT2D eigenvalue weighted by molar-refractivity contribution is -0.125. The number of rotatable bonds is 8. The van der Waals surface area contributed by atoms with Crippen molar-refractivity contribution in [3.8, 4) is 11.5 Å². The van der Waals surface area contributed by atoms with E-state index in [4.69, 9.17) is 9.47 Å². The number of para-hydroxylation sites is 1. The van der Waals surface area contributed by atoms with Crippen LogP contribution in [0, 0.1) is 0 Å². The zero-order chi connectivity index (χ0) is 19.9. The maximum absolute atomic E-state index is 12.6. The van der Waals surface area contributed by atoms with Crippen LogP contribution in [0.25, 0.3) is 0 Å². The Hall–Kier alpha value is -2.73. The molecule has 0 radical (unpaired) electrons. The van der Waals surface area contributed by atoms with Crippen LogP contribution in [-0.2, 0) is 11.3 Å². The molecule has 2 unspecified atom stereocenters. The number of nitrogens with zero attached hydrogens (tertiary/aromatic N) is 1. The molecule has 0 spiro atoms. The van der Waals surface area contributed by atoms with Crippen LogP contribution in [0.4, 0.5) is 5.69 Å². The Morgan fingerprint density at radius 1 is 1.14 bits per heavy atom. The van der Waals surface area contributed by atoms with Gasteiger partial charge in [-0.2, -0.15) is 0 Å². The van der Waals surface area contributed by atoms with Crippen LogP contribution in [0.5, 0.6) is 11.5 Å². The van der Waals surface area contributed by atoms with Crippen LogP contribution in [0.1, 0.15) is 18.9 Å². The van der Waals surface area contributed by atoms with Crippen LogP contribution >= 0.6 is 0 Å². The van der Waals surface area contributed by atoms with Crippen molar-refractivity contribution >= 4 is 11.6 Å².